The molecule has 0 spiro atoms. The van der Waals surface area contributed by atoms with E-state index in [2.05, 4.69) is 20.4 Å². The van der Waals surface area contributed by atoms with Crippen LogP contribution < -0.4 is 5.32 Å². The van der Waals surface area contributed by atoms with Crippen LogP contribution in [0.2, 0.25) is 0 Å². The van der Waals surface area contributed by atoms with Gasteiger partial charge in [-0.1, -0.05) is 6.92 Å². The van der Waals surface area contributed by atoms with E-state index in [1.54, 1.807) is 9.42 Å². The molecule has 0 aliphatic carbocycles. The molecule has 1 aliphatic rings. The summed E-state index contributed by atoms with van der Waals surface area (Å²) in [6, 6.07) is 0. The van der Waals surface area contributed by atoms with Crippen LogP contribution in [0.15, 0.2) is 6.33 Å². The molecular formula is C17H24N6O2. The van der Waals surface area contributed by atoms with Crippen molar-refractivity contribution in [2.45, 2.75) is 52.5 Å². The number of amides is 2. The molecule has 8 nitrogen and oxygen atoms in total. The zero-order chi connectivity index (χ0) is 18.2. The van der Waals surface area contributed by atoms with Crippen molar-refractivity contribution in [3.63, 3.8) is 0 Å². The maximum Gasteiger partial charge on any atom is 0.252 e. The first-order valence-corrected chi connectivity index (χ1v) is 8.63. The second-order valence-corrected chi connectivity index (χ2v) is 6.66. The molecule has 2 aromatic heterocycles. The van der Waals surface area contributed by atoms with Crippen molar-refractivity contribution in [3.8, 4) is 0 Å². The van der Waals surface area contributed by atoms with Crippen molar-refractivity contribution in [1.82, 2.24) is 29.8 Å². The Hall–Kier alpha value is -2.51. The van der Waals surface area contributed by atoms with Gasteiger partial charge >= 0.3 is 0 Å². The van der Waals surface area contributed by atoms with E-state index in [0.717, 1.165) is 17.0 Å². The maximum absolute atomic E-state index is 12.8. The quantitative estimate of drug-likeness (QED) is 0.886. The van der Waals surface area contributed by atoms with Crippen LogP contribution in [-0.4, -0.2) is 54.9 Å². The minimum Gasteiger partial charge on any atom is -0.352 e. The fraction of sp³-hybridized carbons (Fsp3) is 0.588. The monoisotopic (exact) mass is 344 g/mol. The lowest BCUT2D eigenvalue weighted by molar-refractivity contribution is -0.150. The van der Waals surface area contributed by atoms with Crippen LogP contribution in [0, 0.1) is 13.8 Å². The van der Waals surface area contributed by atoms with Crippen LogP contribution in [0.1, 0.15) is 43.6 Å². The summed E-state index contributed by atoms with van der Waals surface area (Å²) in [5, 5.41) is 7.03. The van der Waals surface area contributed by atoms with Gasteiger partial charge in [0.25, 0.3) is 5.78 Å². The fourth-order valence-corrected chi connectivity index (χ4v) is 3.48. The molecule has 1 fully saturated rings. The predicted octanol–water partition coefficient (Wildman–Crippen LogP) is 0.801. The summed E-state index contributed by atoms with van der Waals surface area (Å²) < 4.78 is 1.69. The van der Waals surface area contributed by atoms with Crippen LogP contribution in [0.3, 0.4) is 0 Å². The SMILES string of the molecule is CC[C@]1(C)C(=O)NCCN1C(=O)CCc1c(C)nc2ncnn2c1C. The molecule has 25 heavy (non-hydrogen) atoms. The molecule has 1 atom stereocenters. The van der Waals surface area contributed by atoms with Crippen molar-refractivity contribution >= 4 is 17.6 Å². The molecule has 8 heteroatoms. The third-order valence-corrected chi connectivity index (χ3v) is 5.27. The van der Waals surface area contributed by atoms with Gasteiger partial charge < -0.3 is 10.2 Å². The number of hydrogen-bond donors (Lipinski definition) is 1. The Bertz CT molecular complexity index is 830. The van der Waals surface area contributed by atoms with Gasteiger partial charge in [-0.05, 0) is 39.2 Å². The first-order valence-electron chi connectivity index (χ1n) is 8.63. The molecular weight excluding hydrogens is 320 g/mol. The first kappa shape index (κ1) is 17.3. The smallest absolute Gasteiger partial charge is 0.252 e. The Balaban J connectivity index is 1.79. The Kier molecular flexibility index (Phi) is 4.45. The number of fused-ring (bicyclic) bond motifs is 1. The van der Waals surface area contributed by atoms with E-state index in [1.807, 2.05) is 27.7 Å². The Morgan fingerprint density at radius 3 is 2.88 bits per heavy atom. The van der Waals surface area contributed by atoms with Gasteiger partial charge in [0.2, 0.25) is 11.8 Å². The molecule has 3 heterocycles. The summed E-state index contributed by atoms with van der Waals surface area (Å²) in [7, 11) is 0. The van der Waals surface area contributed by atoms with Crippen LogP contribution in [-0.2, 0) is 16.0 Å². The topological polar surface area (TPSA) is 92.5 Å². The van der Waals surface area contributed by atoms with Crippen LogP contribution in [0.5, 0.6) is 0 Å². The van der Waals surface area contributed by atoms with Crippen LogP contribution >= 0.6 is 0 Å². The van der Waals surface area contributed by atoms with E-state index in [-0.39, 0.29) is 11.8 Å². The first-order chi connectivity index (χ1) is 11.9. The number of hydrogen-bond acceptors (Lipinski definition) is 5. The normalized spacial score (nSPS) is 20.8. The second kappa shape index (κ2) is 6.42. The predicted molar refractivity (Wildman–Crippen MR) is 92.0 cm³/mol. The highest BCUT2D eigenvalue weighted by Gasteiger charge is 2.42. The zero-order valence-corrected chi connectivity index (χ0v) is 15.2. The number of carbonyl (C=O) groups is 2. The Morgan fingerprint density at radius 1 is 1.40 bits per heavy atom. The molecule has 0 aromatic carbocycles. The zero-order valence-electron chi connectivity index (χ0n) is 15.2. The van der Waals surface area contributed by atoms with Gasteiger partial charge in [-0.3, -0.25) is 9.59 Å². The summed E-state index contributed by atoms with van der Waals surface area (Å²) in [5.41, 5.74) is 2.04. The number of aromatic nitrogens is 4. The van der Waals surface area contributed by atoms with E-state index in [0.29, 0.717) is 38.1 Å². The van der Waals surface area contributed by atoms with Gasteiger partial charge in [0.05, 0.1) is 0 Å². The van der Waals surface area contributed by atoms with Crippen molar-refractivity contribution in [1.29, 1.82) is 0 Å². The molecule has 0 bridgehead atoms. The summed E-state index contributed by atoms with van der Waals surface area (Å²) in [5.74, 6) is 0.487. The lowest BCUT2D eigenvalue weighted by atomic mass is 9.92. The minimum absolute atomic E-state index is 0.00307. The van der Waals surface area contributed by atoms with Gasteiger partial charge in [0.15, 0.2) is 0 Å². The Morgan fingerprint density at radius 2 is 2.16 bits per heavy atom. The number of carbonyl (C=O) groups excluding carboxylic acids is 2. The average Bonchev–Trinajstić information content (AvgIpc) is 3.05. The van der Waals surface area contributed by atoms with E-state index in [4.69, 9.17) is 0 Å². The highest BCUT2D eigenvalue weighted by molar-refractivity contribution is 5.92. The van der Waals surface area contributed by atoms with Gasteiger partial charge in [-0.25, -0.2) is 9.50 Å². The fourth-order valence-electron chi connectivity index (χ4n) is 3.48. The molecule has 1 N–H and O–H groups in total. The third kappa shape index (κ3) is 2.85. The molecule has 1 saturated heterocycles. The minimum atomic E-state index is -0.770. The van der Waals surface area contributed by atoms with Crippen molar-refractivity contribution in [2.75, 3.05) is 13.1 Å². The number of nitrogens with zero attached hydrogens (tertiary/aromatic N) is 5. The molecule has 2 amide bonds. The molecule has 0 unspecified atom stereocenters. The highest BCUT2D eigenvalue weighted by atomic mass is 16.2. The molecule has 134 valence electrons. The van der Waals surface area contributed by atoms with Gasteiger partial charge in [-0.15, -0.1) is 0 Å². The van der Waals surface area contributed by atoms with E-state index < -0.39 is 5.54 Å². The van der Waals surface area contributed by atoms with Gasteiger partial charge in [0.1, 0.15) is 11.9 Å². The van der Waals surface area contributed by atoms with Gasteiger partial charge in [0, 0.05) is 30.9 Å². The molecule has 0 radical (unpaired) electrons. The van der Waals surface area contributed by atoms with Crippen molar-refractivity contribution < 1.29 is 9.59 Å². The lowest BCUT2D eigenvalue weighted by Gasteiger charge is -2.43. The van der Waals surface area contributed by atoms with E-state index in [9.17, 15) is 9.59 Å². The summed E-state index contributed by atoms with van der Waals surface area (Å²) >= 11 is 0. The molecule has 3 rings (SSSR count). The van der Waals surface area contributed by atoms with Crippen LogP contribution in [0.4, 0.5) is 0 Å². The largest absolute Gasteiger partial charge is 0.352 e. The van der Waals surface area contributed by atoms with Gasteiger partial charge in [-0.2, -0.15) is 10.1 Å². The van der Waals surface area contributed by atoms with E-state index in [1.165, 1.54) is 6.33 Å². The molecule has 2 aromatic rings. The van der Waals surface area contributed by atoms with Crippen LogP contribution in [0.25, 0.3) is 5.78 Å². The van der Waals surface area contributed by atoms with Crippen molar-refractivity contribution in [2.24, 2.45) is 0 Å². The third-order valence-electron chi connectivity index (χ3n) is 5.27. The van der Waals surface area contributed by atoms with Crippen molar-refractivity contribution in [3.05, 3.63) is 23.3 Å². The number of aryl methyl sites for hydroxylation is 2. The summed E-state index contributed by atoms with van der Waals surface area (Å²) in [6.45, 7) is 8.70. The highest BCUT2D eigenvalue weighted by Crippen LogP contribution is 2.24. The summed E-state index contributed by atoms with van der Waals surface area (Å²) in [4.78, 5) is 35.3. The van der Waals surface area contributed by atoms with E-state index >= 15 is 0 Å². The molecule has 1 aliphatic heterocycles. The standard InChI is InChI=1S/C17H24N6O2/c1-5-17(4)15(25)18-8-9-22(17)14(24)7-6-13-11(2)21-16-19-10-20-23(16)12(13)3/h10H,5-9H2,1-4H3,(H,18,25)/t17-/m1/s1. The summed E-state index contributed by atoms with van der Waals surface area (Å²) in [6.07, 6.45) is 2.97. The maximum atomic E-state index is 12.8. The molecule has 0 saturated carbocycles. The average molecular weight is 344 g/mol. The second-order valence-electron chi connectivity index (χ2n) is 6.66. The number of rotatable bonds is 4. The lowest BCUT2D eigenvalue weighted by Crippen LogP contribution is -2.64. The number of nitrogens with one attached hydrogen (secondary N) is 1. The Labute approximate surface area is 146 Å². The number of piperazine rings is 1.